The summed E-state index contributed by atoms with van der Waals surface area (Å²) in [5.74, 6) is 0.271. The number of hydrogen-bond acceptors (Lipinski definition) is 3. The molecular formula is C15H29ClN2O2. The summed E-state index contributed by atoms with van der Waals surface area (Å²) in [5, 5.41) is 3.39. The fraction of sp³-hybridized carbons (Fsp3) is 0.933. The zero-order chi connectivity index (χ0) is 14.0. The Hall–Kier alpha value is -0.320. The van der Waals surface area contributed by atoms with Gasteiger partial charge in [0.1, 0.15) is 0 Å². The highest BCUT2D eigenvalue weighted by atomic mass is 35.5. The predicted octanol–water partition coefficient (Wildman–Crippen LogP) is 2.21. The fourth-order valence-electron chi connectivity index (χ4n) is 3.47. The highest BCUT2D eigenvalue weighted by Gasteiger charge is 2.51. The van der Waals surface area contributed by atoms with Gasteiger partial charge in [0.25, 0.3) is 0 Å². The number of nitrogens with zero attached hydrogens (tertiary/aromatic N) is 1. The zero-order valence-corrected chi connectivity index (χ0v) is 14.0. The molecule has 1 amide bonds. The second kappa shape index (κ2) is 7.10. The van der Waals surface area contributed by atoms with Crippen LogP contribution in [0.5, 0.6) is 0 Å². The summed E-state index contributed by atoms with van der Waals surface area (Å²) >= 11 is 0. The number of halogens is 1. The first-order chi connectivity index (χ1) is 8.96. The van der Waals surface area contributed by atoms with Crippen molar-refractivity contribution >= 4 is 18.3 Å². The summed E-state index contributed by atoms with van der Waals surface area (Å²) in [6.45, 7) is 8.26. The van der Waals surface area contributed by atoms with Gasteiger partial charge in [0.15, 0.2) is 0 Å². The van der Waals surface area contributed by atoms with Gasteiger partial charge in [-0.1, -0.05) is 13.8 Å². The SMILES string of the molecule is CCOC1CC(N(C)C(=O)CC2CCCN2)C1(C)C.Cl. The van der Waals surface area contributed by atoms with Gasteiger partial charge in [0.05, 0.1) is 6.10 Å². The molecule has 20 heavy (non-hydrogen) atoms. The molecule has 1 saturated heterocycles. The maximum atomic E-state index is 12.3. The van der Waals surface area contributed by atoms with Crippen LogP contribution in [0.15, 0.2) is 0 Å². The van der Waals surface area contributed by atoms with E-state index in [1.807, 2.05) is 18.9 Å². The molecule has 0 aromatic carbocycles. The first-order valence-electron chi connectivity index (χ1n) is 7.57. The first kappa shape index (κ1) is 17.7. The van der Waals surface area contributed by atoms with E-state index in [1.54, 1.807) is 0 Å². The molecule has 0 aromatic rings. The van der Waals surface area contributed by atoms with Crippen LogP contribution in [0.2, 0.25) is 0 Å². The topological polar surface area (TPSA) is 41.6 Å². The van der Waals surface area contributed by atoms with Crippen LogP contribution in [0.4, 0.5) is 0 Å². The van der Waals surface area contributed by atoms with E-state index >= 15 is 0 Å². The van der Waals surface area contributed by atoms with Crippen molar-refractivity contribution in [3.05, 3.63) is 0 Å². The number of carbonyl (C=O) groups is 1. The molecule has 1 aliphatic heterocycles. The molecule has 0 radical (unpaired) electrons. The maximum Gasteiger partial charge on any atom is 0.224 e. The molecule has 0 bridgehead atoms. The lowest BCUT2D eigenvalue weighted by molar-refractivity contribution is -0.163. The molecule has 3 atom stereocenters. The van der Waals surface area contributed by atoms with Gasteiger partial charge in [-0.3, -0.25) is 4.79 Å². The van der Waals surface area contributed by atoms with Crippen LogP contribution in [0.25, 0.3) is 0 Å². The van der Waals surface area contributed by atoms with Gasteiger partial charge in [-0.15, -0.1) is 12.4 Å². The van der Waals surface area contributed by atoms with E-state index in [0.29, 0.717) is 24.6 Å². The van der Waals surface area contributed by atoms with E-state index in [0.717, 1.165) is 26.0 Å². The molecule has 4 nitrogen and oxygen atoms in total. The van der Waals surface area contributed by atoms with Crippen molar-refractivity contribution < 1.29 is 9.53 Å². The van der Waals surface area contributed by atoms with E-state index in [4.69, 9.17) is 4.74 Å². The third-order valence-corrected chi connectivity index (χ3v) is 4.94. The monoisotopic (exact) mass is 304 g/mol. The lowest BCUT2D eigenvalue weighted by Gasteiger charge is -2.55. The molecule has 2 rings (SSSR count). The Labute approximate surface area is 129 Å². The lowest BCUT2D eigenvalue weighted by Crippen LogP contribution is -2.62. The predicted molar refractivity (Wildman–Crippen MR) is 83.3 cm³/mol. The van der Waals surface area contributed by atoms with Crippen molar-refractivity contribution in [2.75, 3.05) is 20.2 Å². The Morgan fingerprint density at radius 2 is 2.15 bits per heavy atom. The molecule has 1 heterocycles. The summed E-state index contributed by atoms with van der Waals surface area (Å²) in [5.41, 5.74) is 0.0729. The van der Waals surface area contributed by atoms with E-state index < -0.39 is 0 Å². The minimum Gasteiger partial charge on any atom is -0.378 e. The standard InChI is InChI=1S/C15H28N2O2.ClH/c1-5-19-13-10-12(15(13,2)3)17(4)14(18)9-11-7-6-8-16-11;/h11-13,16H,5-10H2,1-4H3;1H. The molecule has 1 N–H and O–H groups in total. The quantitative estimate of drug-likeness (QED) is 0.847. The Kier molecular flexibility index (Phi) is 6.29. The average Bonchev–Trinajstić information content (AvgIpc) is 2.86. The minimum absolute atomic E-state index is 0. The van der Waals surface area contributed by atoms with E-state index in [2.05, 4.69) is 19.2 Å². The summed E-state index contributed by atoms with van der Waals surface area (Å²) in [7, 11) is 1.95. The van der Waals surface area contributed by atoms with Crippen molar-refractivity contribution in [3.8, 4) is 0 Å². The number of carbonyl (C=O) groups excluding carboxylic acids is 1. The summed E-state index contributed by atoms with van der Waals surface area (Å²) < 4.78 is 5.74. The Morgan fingerprint density at radius 1 is 1.45 bits per heavy atom. The zero-order valence-electron chi connectivity index (χ0n) is 13.1. The molecule has 0 spiro atoms. The minimum atomic E-state index is 0. The number of hydrogen-bond donors (Lipinski definition) is 1. The second-order valence-corrected chi connectivity index (χ2v) is 6.52. The average molecular weight is 305 g/mol. The van der Waals surface area contributed by atoms with Crippen LogP contribution in [0, 0.1) is 5.41 Å². The molecule has 1 saturated carbocycles. The number of nitrogens with one attached hydrogen (secondary N) is 1. The maximum absolute atomic E-state index is 12.3. The van der Waals surface area contributed by atoms with E-state index in [1.165, 1.54) is 6.42 Å². The summed E-state index contributed by atoms with van der Waals surface area (Å²) in [6, 6.07) is 0.707. The Balaban J connectivity index is 0.00000200. The van der Waals surface area contributed by atoms with Gasteiger partial charge in [0, 0.05) is 37.6 Å². The van der Waals surface area contributed by atoms with E-state index in [-0.39, 0.29) is 23.7 Å². The smallest absolute Gasteiger partial charge is 0.224 e. The lowest BCUT2D eigenvalue weighted by atomic mass is 9.63. The van der Waals surface area contributed by atoms with Crippen molar-refractivity contribution in [3.63, 3.8) is 0 Å². The molecule has 1 aliphatic carbocycles. The fourth-order valence-corrected chi connectivity index (χ4v) is 3.47. The van der Waals surface area contributed by atoms with Crippen molar-refractivity contribution in [2.24, 2.45) is 5.41 Å². The summed E-state index contributed by atoms with van der Waals surface area (Å²) in [6.07, 6.45) is 4.24. The number of amides is 1. The van der Waals surface area contributed by atoms with Crippen molar-refractivity contribution in [1.29, 1.82) is 0 Å². The molecule has 0 aromatic heterocycles. The van der Waals surface area contributed by atoms with Crippen LogP contribution < -0.4 is 5.32 Å². The van der Waals surface area contributed by atoms with Gasteiger partial charge < -0.3 is 15.0 Å². The van der Waals surface area contributed by atoms with E-state index in [9.17, 15) is 4.79 Å². The molecule has 5 heteroatoms. The van der Waals surface area contributed by atoms with Crippen LogP contribution in [-0.2, 0) is 9.53 Å². The molecule has 3 unspecified atom stereocenters. The van der Waals surface area contributed by atoms with Crippen LogP contribution in [0.1, 0.15) is 46.5 Å². The van der Waals surface area contributed by atoms with Gasteiger partial charge in [0.2, 0.25) is 5.91 Å². The highest BCUT2D eigenvalue weighted by Crippen LogP contribution is 2.45. The van der Waals surface area contributed by atoms with Gasteiger partial charge in [-0.25, -0.2) is 0 Å². The van der Waals surface area contributed by atoms with Gasteiger partial charge in [-0.05, 0) is 32.7 Å². The third kappa shape index (κ3) is 3.46. The highest BCUT2D eigenvalue weighted by molar-refractivity contribution is 5.85. The molecule has 2 fully saturated rings. The van der Waals surface area contributed by atoms with Crippen molar-refractivity contribution in [1.82, 2.24) is 10.2 Å². The van der Waals surface area contributed by atoms with Gasteiger partial charge >= 0.3 is 0 Å². The van der Waals surface area contributed by atoms with Crippen LogP contribution in [-0.4, -0.2) is 49.2 Å². The van der Waals surface area contributed by atoms with Crippen LogP contribution in [0.3, 0.4) is 0 Å². The largest absolute Gasteiger partial charge is 0.378 e. The molecule has 2 aliphatic rings. The Bertz CT molecular complexity index is 330. The summed E-state index contributed by atoms with van der Waals surface area (Å²) in [4.78, 5) is 14.3. The van der Waals surface area contributed by atoms with Crippen LogP contribution >= 0.6 is 12.4 Å². The van der Waals surface area contributed by atoms with Crippen molar-refractivity contribution in [2.45, 2.75) is 64.6 Å². The molecular weight excluding hydrogens is 276 g/mol. The van der Waals surface area contributed by atoms with Gasteiger partial charge in [-0.2, -0.15) is 0 Å². The number of rotatable bonds is 5. The normalized spacial score (nSPS) is 31.3. The number of ether oxygens (including phenoxy) is 1. The molecule has 118 valence electrons. The third-order valence-electron chi connectivity index (χ3n) is 4.94. The second-order valence-electron chi connectivity index (χ2n) is 6.52. The Morgan fingerprint density at radius 3 is 2.65 bits per heavy atom. The first-order valence-corrected chi connectivity index (χ1v) is 7.57.